The van der Waals surface area contributed by atoms with Gasteiger partial charge in [0.05, 0.1) is 12.8 Å². The zero-order valence-electron chi connectivity index (χ0n) is 9.07. The van der Waals surface area contributed by atoms with E-state index in [-0.39, 0.29) is 5.28 Å². The molecular weight excluding hydrogens is 224 g/mol. The van der Waals surface area contributed by atoms with Gasteiger partial charge in [-0.15, -0.1) is 0 Å². The van der Waals surface area contributed by atoms with Crippen LogP contribution in [0.1, 0.15) is 5.69 Å². The maximum absolute atomic E-state index is 5.82. The molecule has 1 heterocycles. The summed E-state index contributed by atoms with van der Waals surface area (Å²) >= 11 is 5.82. The molecule has 0 unspecified atom stereocenters. The Morgan fingerprint density at radius 1 is 1.19 bits per heavy atom. The summed E-state index contributed by atoms with van der Waals surface area (Å²) in [4.78, 5) is 8.20. The highest BCUT2D eigenvalue weighted by atomic mass is 35.5. The van der Waals surface area contributed by atoms with Crippen molar-refractivity contribution in [3.63, 3.8) is 0 Å². The molecule has 2 rings (SSSR count). The number of hydrogen-bond acceptors (Lipinski definition) is 3. The van der Waals surface area contributed by atoms with Gasteiger partial charge in [-0.3, -0.25) is 0 Å². The van der Waals surface area contributed by atoms with Crippen molar-refractivity contribution in [3.8, 4) is 17.0 Å². The number of hydrogen-bond donors (Lipinski definition) is 0. The molecule has 0 N–H and O–H groups in total. The standard InChI is InChI=1S/C12H11ClN2O/c1-8-6-11(15-12(13)14-8)9-4-3-5-10(7-9)16-2/h3-7H,1-2H3. The van der Waals surface area contributed by atoms with Gasteiger partial charge in [0.15, 0.2) is 0 Å². The van der Waals surface area contributed by atoms with Gasteiger partial charge in [-0.05, 0) is 36.7 Å². The first-order chi connectivity index (χ1) is 7.69. The SMILES string of the molecule is COc1cccc(-c2cc(C)nc(Cl)n2)c1. The third-order valence-corrected chi connectivity index (χ3v) is 2.36. The zero-order valence-corrected chi connectivity index (χ0v) is 9.82. The molecule has 0 amide bonds. The van der Waals surface area contributed by atoms with Gasteiger partial charge in [-0.25, -0.2) is 9.97 Å². The smallest absolute Gasteiger partial charge is 0.223 e. The van der Waals surface area contributed by atoms with Crippen molar-refractivity contribution in [2.75, 3.05) is 7.11 Å². The molecule has 0 fully saturated rings. The van der Waals surface area contributed by atoms with Gasteiger partial charge in [0, 0.05) is 11.3 Å². The minimum atomic E-state index is 0.262. The van der Waals surface area contributed by atoms with Crippen LogP contribution in [0.2, 0.25) is 5.28 Å². The Hall–Kier alpha value is -1.61. The lowest BCUT2D eigenvalue weighted by molar-refractivity contribution is 0.415. The van der Waals surface area contributed by atoms with Crippen molar-refractivity contribution in [2.45, 2.75) is 6.92 Å². The first-order valence-electron chi connectivity index (χ1n) is 4.84. The van der Waals surface area contributed by atoms with Crippen LogP contribution in [0.15, 0.2) is 30.3 Å². The van der Waals surface area contributed by atoms with Crippen molar-refractivity contribution in [2.24, 2.45) is 0 Å². The molecule has 1 aromatic heterocycles. The quantitative estimate of drug-likeness (QED) is 0.749. The first kappa shape index (κ1) is 10.9. The fourth-order valence-electron chi connectivity index (χ4n) is 1.46. The van der Waals surface area contributed by atoms with Crippen molar-refractivity contribution in [3.05, 3.63) is 41.3 Å². The second-order valence-electron chi connectivity index (χ2n) is 3.40. The summed E-state index contributed by atoms with van der Waals surface area (Å²) in [7, 11) is 1.64. The molecule has 0 spiro atoms. The fourth-order valence-corrected chi connectivity index (χ4v) is 1.69. The van der Waals surface area contributed by atoms with Crippen LogP contribution < -0.4 is 4.74 Å². The van der Waals surface area contributed by atoms with E-state index in [1.54, 1.807) is 7.11 Å². The van der Waals surface area contributed by atoms with Crippen LogP contribution in [0.3, 0.4) is 0 Å². The molecule has 0 aliphatic carbocycles. The summed E-state index contributed by atoms with van der Waals surface area (Å²) in [6.45, 7) is 1.89. The van der Waals surface area contributed by atoms with Crippen LogP contribution in [0.5, 0.6) is 5.75 Å². The van der Waals surface area contributed by atoms with Crippen molar-refractivity contribution >= 4 is 11.6 Å². The topological polar surface area (TPSA) is 35.0 Å². The minimum Gasteiger partial charge on any atom is -0.497 e. The van der Waals surface area contributed by atoms with Gasteiger partial charge in [0.1, 0.15) is 5.75 Å². The van der Waals surface area contributed by atoms with Gasteiger partial charge in [0.25, 0.3) is 0 Å². The number of rotatable bonds is 2. The van der Waals surface area contributed by atoms with Crippen molar-refractivity contribution in [1.29, 1.82) is 0 Å². The van der Waals surface area contributed by atoms with E-state index in [4.69, 9.17) is 16.3 Å². The van der Waals surface area contributed by atoms with E-state index >= 15 is 0 Å². The number of aryl methyl sites for hydroxylation is 1. The van der Waals surface area contributed by atoms with Crippen LogP contribution >= 0.6 is 11.6 Å². The second kappa shape index (κ2) is 4.49. The van der Waals surface area contributed by atoms with Gasteiger partial charge in [-0.2, -0.15) is 0 Å². The molecule has 82 valence electrons. The summed E-state index contributed by atoms with van der Waals surface area (Å²) in [6, 6.07) is 9.57. The van der Waals surface area contributed by atoms with Crippen LogP contribution in [0.4, 0.5) is 0 Å². The highest BCUT2D eigenvalue weighted by molar-refractivity contribution is 6.28. The van der Waals surface area contributed by atoms with E-state index in [0.717, 1.165) is 22.7 Å². The average Bonchev–Trinajstić information content (AvgIpc) is 2.28. The Morgan fingerprint density at radius 3 is 2.69 bits per heavy atom. The molecule has 0 saturated heterocycles. The molecule has 4 heteroatoms. The van der Waals surface area contributed by atoms with Crippen LogP contribution in [0, 0.1) is 6.92 Å². The molecule has 0 atom stereocenters. The van der Waals surface area contributed by atoms with Gasteiger partial charge in [0.2, 0.25) is 5.28 Å². The lowest BCUT2D eigenvalue weighted by atomic mass is 10.1. The molecular formula is C12H11ClN2O. The van der Waals surface area contributed by atoms with E-state index in [1.807, 2.05) is 37.3 Å². The Labute approximate surface area is 99.1 Å². The molecule has 2 aromatic rings. The maximum atomic E-state index is 5.82. The Kier molecular flexibility index (Phi) is 3.06. The minimum absolute atomic E-state index is 0.262. The van der Waals surface area contributed by atoms with Crippen LogP contribution in [0.25, 0.3) is 11.3 Å². The number of methoxy groups -OCH3 is 1. The van der Waals surface area contributed by atoms with Crippen molar-refractivity contribution in [1.82, 2.24) is 9.97 Å². The molecule has 0 aliphatic rings. The third-order valence-electron chi connectivity index (χ3n) is 2.19. The van der Waals surface area contributed by atoms with E-state index < -0.39 is 0 Å². The largest absolute Gasteiger partial charge is 0.497 e. The lowest BCUT2D eigenvalue weighted by Gasteiger charge is -2.05. The molecule has 3 nitrogen and oxygen atoms in total. The van der Waals surface area contributed by atoms with E-state index in [9.17, 15) is 0 Å². The van der Waals surface area contributed by atoms with Crippen LogP contribution in [-0.2, 0) is 0 Å². The number of halogens is 1. The second-order valence-corrected chi connectivity index (χ2v) is 3.73. The van der Waals surface area contributed by atoms with Gasteiger partial charge in [-0.1, -0.05) is 12.1 Å². The normalized spacial score (nSPS) is 10.2. The highest BCUT2D eigenvalue weighted by Crippen LogP contribution is 2.23. The molecule has 0 aliphatic heterocycles. The van der Waals surface area contributed by atoms with E-state index in [0.29, 0.717) is 0 Å². The predicted octanol–water partition coefficient (Wildman–Crippen LogP) is 3.11. The van der Waals surface area contributed by atoms with Crippen LogP contribution in [-0.4, -0.2) is 17.1 Å². The molecule has 1 aromatic carbocycles. The summed E-state index contributed by atoms with van der Waals surface area (Å²) in [6.07, 6.45) is 0. The Balaban J connectivity index is 2.49. The lowest BCUT2D eigenvalue weighted by Crippen LogP contribution is -1.91. The Morgan fingerprint density at radius 2 is 2.00 bits per heavy atom. The predicted molar refractivity (Wildman–Crippen MR) is 63.8 cm³/mol. The summed E-state index contributed by atoms with van der Waals surface area (Å²) < 4.78 is 5.16. The monoisotopic (exact) mass is 234 g/mol. The number of ether oxygens (including phenoxy) is 1. The fraction of sp³-hybridized carbons (Fsp3) is 0.167. The van der Waals surface area contributed by atoms with E-state index in [1.165, 1.54) is 0 Å². The number of nitrogens with zero attached hydrogens (tertiary/aromatic N) is 2. The van der Waals surface area contributed by atoms with Crippen molar-refractivity contribution < 1.29 is 4.74 Å². The van der Waals surface area contributed by atoms with E-state index in [2.05, 4.69) is 9.97 Å². The highest BCUT2D eigenvalue weighted by Gasteiger charge is 2.04. The number of benzene rings is 1. The molecule has 16 heavy (non-hydrogen) atoms. The summed E-state index contributed by atoms with van der Waals surface area (Å²) in [5.74, 6) is 0.796. The summed E-state index contributed by atoms with van der Waals surface area (Å²) in [5.41, 5.74) is 2.61. The van der Waals surface area contributed by atoms with Gasteiger partial charge >= 0.3 is 0 Å². The molecule has 0 bridgehead atoms. The molecule has 0 radical (unpaired) electrons. The average molecular weight is 235 g/mol. The summed E-state index contributed by atoms with van der Waals surface area (Å²) in [5, 5.41) is 0.262. The third kappa shape index (κ3) is 2.31. The first-order valence-corrected chi connectivity index (χ1v) is 5.22. The maximum Gasteiger partial charge on any atom is 0.223 e. The molecule has 0 saturated carbocycles. The zero-order chi connectivity index (χ0) is 11.5. The number of aromatic nitrogens is 2. The Bertz CT molecular complexity index is 494. The van der Waals surface area contributed by atoms with Gasteiger partial charge < -0.3 is 4.74 Å².